The number of imidazole rings is 1. The molecule has 0 amide bonds. The van der Waals surface area contributed by atoms with Crippen LogP contribution in [0.25, 0.3) is 5.69 Å². The molecule has 0 aliphatic rings. The molecule has 0 aliphatic heterocycles. The first-order valence-electron chi connectivity index (χ1n) is 5.65. The lowest BCUT2D eigenvalue weighted by molar-refractivity contribution is 0.587. The molecule has 21 heavy (non-hydrogen) atoms. The van der Waals surface area contributed by atoms with Crippen LogP contribution in [-0.2, 0) is 10.0 Å². The van der Waals surface area contributed by atoms with Gasteiger partial charge in [0.15, 0.2) is 11.4 Å². The molecule has 0 saturated carbocycles. The Morgan fingerprint density at radius 3 is 2.62 bits per heavy atom. The molecule has 0 bridgehead atoms. The van der Waals surface area contributed by atoms with Crippen LogP contribution in [0.15, 0.2) is 29.4 Å². The fourth-order valence-corrected chi connectivity index (χ4v) is 2.73. The minimum atomic E-state index is -3.79. The van der Waals surface area contributed by atoms with Gasteiger partial charge in [-0.15, -0.1) is 0 Å². The third kappa shape index (κ3) is 2.43. The second kappa shape index (κ2) is 5.25. The first-order chi connectivity index (χ1) is 9.94. The van der Waals surface area contributed by atoms with Gasteiger partial charge in [-0.2, -0.15) is 10.5 Å². The van der Waals surface area contributed by atoms with Crippen LogP contribution in [-0.4, -0.2) is 25.0 Å². The summed E-state index contributed by atoms with van der Waals surface area (Å²) >= 11 is 0. The van der Waals surface area contributed by atoms with E-state index in [0.717, 1.165) is 0 Å². The molecule has 9 heteroatoms. The van der Waals surface area contributed by atoms with Crippen LogP contribution in [0, 0.1) is 22.7 Å². The van der Waals surface area contributed by atoms with E-state index in [1.165, 1.54) is 36.1 Å². The number of nitrogen functional groups attached to an aromatic ring is 1. The number of nitriles is 2. The van der Waals surface area contributed by atoms with Crippen molar-refractivity contribution >= 4 is 15.7 Å². The van der Waals surface area contributed by atoms with Crippen molar-refractivity contribution in [1.82, 2.24) is 14.3 Å². The first kappa shape index (κ1) is 14.5. The maximum atomic E-state index is 12.1. The molecule has 1 aromatic carbocycles. The summed E-state index contributed by atoms with van der Waals surface area (Å²) in [6.07, 6.45) is 1.22. The zero-order valence-corrected chi connectivity index (χ0v) is 11.7. The van der Waals surface area contributed by atoms with Gasteiger partial charge in [0.25, 0.3) is 0 Å². The maximum Gasteiger partial charge on any atom is 0.242 e. The van der Waals surface area contributed by atoms with E-state index in [0.29, 0.717) is 0 Å². The van der Waals surface area contributed by atoms with Crippen molar-refractivity contribution in [3.63, 3.8) is 0 Å². The molecule has 0 saturated heterocycles. The van der Waals surface area contributed by atoms with Crippen molar-refractivity contribution in [3.8, 4) is 17.8 Å². The quantitative estimate of drug-likeness (QED) is 0.771. The van der Waals surface area contributed by atoms with Gasteiger partial charge in [-0.25, -0.2) is 18.1 Å². The number of sulfonamides is 1. The second-order valence-corrected chi connectivity index (χ2v) is 5.83. The van der Waals surface area contributed by atoms with E-state index in [1.807, 2.05) is 6.07 Å². The predicted molar refractivity (Wildman–Crippen MR) is 73.7 cm³/mol. The number of aromatic nitrogens is 2. The highest BCUT2D eigenvalue weighted by molar-refractivity contribution is 7.89. The van der Waals surface area contributed by atoms with Crippen LogP contribution in [0.3, 0.4) is 0 Å². The summed E-state index contributed by atoms with van der Waals surface area (Å²) in [5, 5.41) is 18.0. The molecule has 0 radical (unpaired) electrons. The number of benzene rings is 1. The number of nitrogens with two attached hydrogens (primary N) is 1. The zero-order valence-electron chi connectivity index (χ0n) is 10.9. The van der Waals surface area contributed by atoms with E-state index in [4.69, 9.17) is 16.3 Å². The van der Waals surface area contributed by atoms with Crippen molar-refractivity contribution in [2.24, 2.45) is 0 Å². The number of hydrogen-bond acceptors (Lipinski definition) is 6. The smallest absolute Gasteiger partial charge is 0.242 e. The SMILES string of the molecule is CNS(=O)(=O)c1cc(N)ccc1-n1cnc(C#N)c1C#N. The molecular weight excluding hydrogens is 292 g/mol. The molecule has 3 N–H and O–H groups in total. The van der Waals surface area contributed by atoms with Gasteiger partial charge >= 0.3 is 0 Å². The van der Waals surface area contributed by atoms with Gasteiger partial charge in [-0.05, 0) is 25.2 Å². The highest BCUT2D eigenvalue weighted by Crippen LogP contribution is 2.24. The Kier molecular flexibility index (Phi) is 3.63. The molecule has 0 atom stereocenters. The Morgan fingerprint density at radius 2 is 2.05 bits per heavy atom. The van der Waals surface area contributed by atoms with Crippen molar-refractivity contribution in [2.45, 2.75) is 4.90 Å². The minimum Gasteiger partial charge on any atom is -0.399 e. The molecule has 0 unspecified atom stereocenters. The van der Waals surface area contributed by atoms with E-state index >= 15 is 0 Å². The Hall–Kier alpha value is -2.88. The Morgan fingerprint density at radius 1 is 1.33 bits per heavy atom. The average molecular weight is 302 g/mol. The van der Waals surface area contributed by atoms with Gasteiger partial charge in [0.1, 0.15) is 23.4 Å². The van der Waals surface area contributed by atoms with Crippen molar-refractivity contribution in [2.75, 3.05) is 12.8 Å². The molecule has 2 rings (SSSR count). The zero-order chi connectivity index (χ0) is 15.6. The van der Waals surface area contributed by atoms with Crippen molar-refractivity contribution in [1.29, 1.82) is 10.5 Å². The summed E-state index contributed by atoms with van der Waals surface area (Å²) in [5.41, 5.74) is 5.94. The highest BCUT2D eigenvalue weighted by atomic mass is 32.2. The van der Waals surface area contributed by atoms with Crippen LogP contribution in [0.1, 0.15) is 11.4 Å². The summed E-state index contributed by atoms with van der Waals surface area (Å²) in [6.45, 7) is 0. The number of nitrogens with one attached hydrogen (secondary N) is 1. The lowest BCUT2D eigenvalue weighted by Gasteiger charge is -2.12. The van der Waals surface area contributed by atoms with E-state index < -0.39 is 10.0 Å². The van der Waals surface area contributed by atoms with Crippen LogP contribution in [0.2, 0.25) is 0 Å². The normalized spacial score (nSPS) is 10.8. The largest absolute Gasteiger partial charge is 0.399 e. The van der Waals surface area contributed by atoms with Gasteiger partial charge in [-0.1, -0.05) is 0 Å². The van der Waals surface area contributed by atoms with Crippen LogP contribution < -0.4 is 10.5 Å². The van der Waals surface area contributed by atoms with Gasteiger partial charge < -0.3 is 5.73 Å². The lowest BCUT2D eigenvalue weighted by atomic mass is 10.2. The molecule has 1 aromatic heterocycles. The van der Waals surface area contributed by atoms with E-state index in [1.54, 1.807) is 6.07 Å². The van der Waals surface area contributed by atoms with E-state index in [2.05, 4.69) is 9.71 Å². The maximum absolute atomic E-state index is 12.1. The Balaban J connectivity index is 2.81. The fourth-order valence-electron chi connectivity index (χ4n) is 1.77. The molecule has 0 aliphatic carbocycles. The number of anilines is 1. The van der Waals surface area contributed by atoms with Gasteiger partial charge in [0.05, 0.1) is 5.69 Å². The molecular formula is C12H10N6O2S. The first-order valence-corrected chi connectivity index (χ1v) is 7.14. The monoisotopic (exact) mass is 302 g/mol. The second-order valence-electron chi connectivity index (χ2n) is 3.97. The van der Waals surface area contributed by atoms with Crippen LogP contribution in [0.4, 0.5) is 5.69 Å². The van der Waals surface area contributed by atoms with Gasteiger partial charge in [0.2, 0.25) is 10.0 Å². The topological polar surface area (TPSA) is 138 Å². The third-order valence-corrected chi connectivity index (χ3v) is 4.22. The standard InChI is InChI=1S/C12H10N6O2S/c1-16-21(19,20)12-4-8(15)2-3-10(12)18-7-17-9(5-13)11(18)6-14/h2-4,7,16H,15H2,1H3. The van der Waals surface area contributed by atoms with E-state index in [-0.39, 0.29) is 27.7 Å². The number of hydrogen-bond donors (Lipinski definition) is 2. The Labute approximate surface area is 121 Å². The molecule has 8 nitrogen and oxygen atoms in total. The third-order valence-electron chi connectivity index (χ3n) is 2.78. The van der Waals surface area contributed by atoms with Crippen molar-refractivity contribution in [3.05, 3.63) is 35.9 Å². The summed E-state index contributed by atoms with van der Waals surface area (Å²) in [6, 6.07) is 7.83. The van der Waals surface area contributed by atoms with Gasteiger partial charge in [-0.3, -0.25) is 4.57 Å². The summed E-state index contributed by atoms with van der Waals surface area (Å²) < 4.78 is 27.6. The predicted octanol–water partition coefficient (Wildman–Crippen LogP) is 0.106. The minimum absolute atomic E-state index is 0.0465. The van der Waals surface area contributed by atoms with Crippen LogP contribution >= 0.6 is 0 Å². The highest BCUT2D eigenvalue weighted by Gasteiger charge is 2.21. The number of rotatable bonds is 3. The summed E-state index contributed by atoms with van der Waals surface area (Å²) in [4.78, 5) is 3.68. The summed E-state index contributed by atoms with van der Waals surface area (Å²) in [7, 11) is -2.53. The van der Waals surface area contributed by atoms with E-state index in [9.17, 15) is 8.42 Å². The molecule has 2 aromatic rings. The Bertz CT molecular complexity index is 885. The molecule has 106 valence electrons. The molecule has 1 heterocycles. The van der Waals surface area contributed by atoms with Crippen LogP contribution in [0.5, 0.6) is 0 Å². The molecule has 0 spiro atoms. The van der Waals surface area contributed by atoms with Gasteiger partial charge in [0, 0.05) is 5.69 Å². The lowest BCUT2D eigenvalue weighted by Crippen LogP contribution is -2.21. The summed E-state index contributed by atoms with van der Waals surface area (Å²) in [5.74, 6) is 0. The van der Waals surface area contributed by atoms with Crippen molar-refractivity contribution < 1.29 is 8.42 Å². The fraction of sp³-hybridized carbons (Fsp3) is 0.0833. The number of nitrogens with zero attached hydrogens (tertiary/aromatic N) is 4. The average Bonchev–Trinajstić information content (AvgIpc) is 2.89. The molecule has 0 fully saturated rings.